The molecule has 1 heterocycles. The first-order valence-electron chi connectivity index (χ1n) is 7.49. The van der Waals surface area contributed by atoms with Crippen LogP contribution in [0.3, 0.4) is 0 Å². The molecule has 2 rings (SSSR count). The quantitative estimate of drug-likeness (QED) is 0.930. The van der Waals surface area contributed by atoms with Crippen molar-refractivity contribution in [2.75, 3.05) is 13.1 Å². The minimum absolute atomic E-state index is 0.0463. The number of amides is 1. The van der Waals surface area contributed by atoms with Gasteiger partial charge in [-0.1, -0.05) is 24.6 Å². The number of nitrogens with zero attached hydrogens (tertiary/aromatic N) is 1. The molecule has 1 atom stereocenters. The topological polar surface area (TPSA) is 57.6 Å². The smallest absolute Gasteiger partial charge is 0.311 e. The van der Waals surface area contributed by atoms with E-state index in [4.69, 9.17) is 0 Å². The Morgan fingerprint density at radius 3 is 2.67 bits per heavy atom. The van der Waals surface area contributed by atoms with E-state index in [0.717, 1.165) is 17.5 Å². The van der Waals surface area contributed by atoms with Crippen LogP contribution >= 0.6 is 0 Å². The largest absolute Gasteiger partial charge is 0.481 e. The fraction of sp³-hybridized carbons (Fsp3) is 0.529. The molecular formula is C17H23NO3. The van der Waals surface area contributed by atoms with E-state index in [2.05, 4.69) is 0 Å². The highest BCUT2D eigenvalue weighted by Gasteiger charge is 2.42. The van der Waals surface area contributed by atoms with Crippen LogP contribution in [0.5, 0.6) is 0 Å². The van der Waals surface area contributed by atoms with Crippen molar-refractivity contribution >= 4 is 11.9 Å². The third-order valence-corrected chi connectivity index (χ3v) is 4.62. The third kappa shape index (κ3) is 2.94. The summed E-state index contributed by atoms with van der Waals surface area (Å²) in [7, 11) is 0. The summed E-state index contributed by atoms with van der Waals surface area (Å²) in [6.45, 7) is 6.72. The summed E-state index contributed by atoms with van der Waals surface area (Å²) < 4.78 is 0. The predicted octanol–water partition coefficient (Wildman–Crippen LogP) is 3.02. The second kappa shape index (κ2) is 5.88. The number of likely N-dealkylation sites (tertiary alicyclic amines) is 1. The molecule has 1 unspecified atom stereocenters. The first-order valence-corrected chi connectivity index (χ1v) is 7.49. The Balaban J connectivity index is 2.27. The Hall–Kier alpha value is -1.84. The van der Waals surface area contributed by atoms with Crippen molar-refractivity contribution in [2.45, 2.75) is 40.0 Å². The van der Waals surface area contributed by atoms with Crippen LogP contribution in [0, 0.1) is 19.3 Å². The maximum Gasteiger partial charge on any atom is 0.311 e. The fourth-order valence-electron chi connectivity index (χ4n) is 3.06. The number of carboxylic acids is 1. The first-order chi connectivity index (χ1) is 9.89. The van der Waals surface area contributed by atoms with E-state index in [0.29, 0.717) is 31.5 Å². The van der Waals surface area contributed by atoms with Crippen molar-refractivity contribution in [2.24, 2.45) is 5.41 Å². The molecule has 1 amide bonds. The van der Waals surface area contributed by atoms with Crippen LogP contribution in [-0.2, 0) is 4.79 Å². The van der Waals surface area contributed by atoms with Gasteiger partial charge in [-0.3, -0.25) is 9.59 Å². The van der Waals surface area contributed by atoms with Gasteiger partial charge in [0.1, 0.15) is 0 Å². The molecule has 1 aliphatic rings. The highest BCUT2D eigenvalue weighted by atomic mass is 16.4. The maximum atomic E-state index is 12.7. The van der Waals surface area contributed by atoms with Crippen LogP contribution in [0.15, 0.2) is 18.2 Å². The second-order valence-corrected chi connectivity index (χ2v) is 6.09. The van der Waals surface area contributed by atoms with Crippen LogP contribution in [0.4, 0.5) is 0 Å². The lowest BCUT2D eigenvalue weighted by Crippen LogP contribution is -2.49. The number of aliphatic carboxylic acids is 1. The highest BCUT2D eigenvalue weighted by molar-refractivity contribution is 5.96. The normalized spacial score (nSPS) is 22.1. The average Bonchev–Trinajstić information content (AvgIpc) is 2.48. The van der Waals surface area contributed by atoms with E-state index in [1.165, 1.54) is 0 Å². The minimum atomic E-state index is -0.788. The monoisotopic (exact) mass is 289 g/mol. The molecule has 0 radical (unpaired) electrons. The Bertz CT molecular complexity index is 567. The molecule has 4 nitrogen and oxygen atoms in total. The molecular weight excluding hydrogens is 266 g/mol. The SMILES string of the molecule is CCC1(C(=O)O)CCCN(C(=O)c2cc(C)ccc2C)C1. The van der Waals surface area contributed by atoms with Gasteiger partial charge in [-0.15, -0.1) is 0 Å². The predicted molar refractivity (Wildman–Crippen MR) is 81.4 cm³/mol. The van der Waals surface area contributed by atoms with Crippen molar-refractivity contribution in [3.8, 4) is 0 Å². The van der Waals surface area contributed by atoms with Crippen LogP contribution in [0.2, 0.25) is 0 Å². The molecule has 0 spiro atoms. The lowest BCUT2D eigenvalue weighted by atomic mass is 9.77. The molecule has 0 aliphatic carbocycles. The number of hydrogen-bond donors (Lipinski definition) is 1. The number of benzene rings is 1. The zero-order valence-electron chi connectivity index (χ0n) is 13.0. The second-order valence-electron chi connectivity index (χ2n) is 6.09. The van der Waals surface area contributed by atoms with E-state index in [9.17, 15) is 14.7 Å². The Morgan fingerprint density at radius 1 is 1.33 bits per heavy atom. The molecule has 0 aromatic heterocycles. The molecule has 1 aromatic carbocycles. The lowest BCUT2D eigenvalue weighted by molar-refractivity contribution is -0.152. The summed E-state index contributed by atoms with van der Waals surface area (Å²) in [6, 6.07) is 5.81. The summed E-state index contributed by atoms with van der Waals surface area (Å²) >= 11 is 0. The number of piperidine rings is 1. The van der Waals surface area contributed by atoms with E-state index in [1.54, 1.807) is 4.90 Å². The molecule has 1 aromatic rings. The number of carbonyl (C=O) groups is 2. The molecule has 1 N–H and O–H groups in total. The Kier molecular flexibility index (Phi) is 4.35. The van der Waals surface area contributed by atoms with Crippen LogP contribution in [0.1, 0.15) is 47.7 Å². The van der Waals surface area contributed by atoms with Crippen LogP contribution in [-0.4, -0.2) is 35.0 Å². The Morgan fingerprint density at radius 2 is 2.05 bits per heavy atom. The zero-order valence-corrected chi connectivity index (χ0v) is 13.0. The van der Waals surface area contributed by atoms with Crippen molar-refractivity contribution in [3.05, 3.63) is 34.9 Å². The number of hydrogen-bond acceptors (Lipinski definition) is 2. The Labute approximate surface area is 125 Å². The zero-order chi connectivity index (χ0) is 15.6. The fourth-order valence-corrected chi connectivity index (χ4v) is 3.06. The van der Waals surface area contributed by atoms with Crippen LogP contribution < -0.4 is 0 Å². The number of carboxylic acid groups (broad SMARTS) is 1. The van der Waals surface area contributed by atoms with Crippen molar-refractivity contribution in [1.29, 1.82) is 0 Å². The van der Waals surface area contributed by atoms with E-state index in [1.807, 2.05) is 39.0 Å². The molecule has 21 heavy (non-hydrogen) atoms. The first kappa shape index (κ1) is 15.5. The number of aryl methyl sites for hydroxylation is 2. The number of rotatable bonds is 3. The summed E-state index contributed by atoms with van der Waals surface area (Å²) in [5.74, 6) is -0.835. The van der Waals surface area contributed by atoms with Gasteiger partial charge < -0.3 is 10.0 Å². The van der Waals surface area contributed by atoms with Gasteiger partial charge in [-0.05, 0) is 44.7 Å². The average molecular weight is 289 g/mol. The van der Waals surface area contributed by atoms with E-state index in [-0.39, 0.29) is 5.91 Å². The van der Waals surface area contributed by atoms with Gasteiger partial charge in [0.15, 0.2) is 0 Å². The maximum absolute atomic E-state index is 12.7. The molecule has 1 aliphatic heterocycles. The van der Waals surface area contributed by atoms with Gasteiger partial charge in [0.2, 0.25) is 0 Å². The molecule has 1 saturated heterocycles. The summed E-state index contributed by atoms with van der Waals surface area (Å²) in [5.41, 5.74) is 1.88. The van der Waals surface area contributed by atoms with Gasteiger partial charge in [-0.2, -0.15) is 0 Å². The highest BCUT2D eigenvalue weighted by Crippen LogP contribution is 2.34. The third-order valence-electron chi connectivity index (χ3n) is 4.62. The van der Waals surface area contributed by atoms with Gasteiger partial charge in [0, 0.05) is 18.7 Å². The lowest BCUT2D eigenvalue weighted by Gasteiger charge is -2.39. The van der Waals surface area contributed by atoms with E-state index < -0.39 is 11.4 Å². The van der Waals surface area contributed by atoms with Gasteiger partial charge in [-0.25, -0.2) is 0 Å². The standard InChI is InChI=1S/C17H23NO3/c1-4-17(16(20)21)8-5-9-18(11-17)15(19)14-10-12(2)6-7-13(14)3/h6-7,10H,4-5,8-9,11H2,1-3H3,(H,20,21). The molecule has 4 heteroatoms. The molecule has 0 saturated carbocycles. The number of carbonyl (C=O) groups excluding carboxylic acids is 1. The summed E-state index contributed by atoms with van der Waals surface area (Å²) in [5, 5.41) is 9.52. The van der Waals surface area contributed by atoms with Crippen molar-refractivity contribution < 1.29 is 14.7 Å². The summed E-state index contributed by atoms with van der Waals surface area (Å²) in [6.07, 6.45) is 1.95. The molecule has 0 bridgehead atoms. The van der Waals surface area contributed by atoms with Crippen molar-refractivity contribution in [3.63, 3.8) is 0 Å². The van der Waals surface area contributed by atoms with Gasteiger partial charge in [0.05, 0.1) is 5.41 Å². The van der Waals surface area contributed by atoms with Crippen LogP contribution in [0.25, 0.3) is 0 Å². The summed E-state index contributed by atoms with van der Waals surface area (Å²) in [4.78, 5) is 26.0. The minimum Gasteiger partial charge on any atom is -0.481 e. The molecule has 114 valence electrons. The molecule has 1 fully saturated rings. The van der Waals surface area contributed by atoms with Gasteiger partial charge in [0.25, 0.3) is 5.91 Å². The van der Waals surface area contributed by atoms with Gasteiger partial charge >= 0.3 is 5.97 Å². The van der Waals surface area contributed by atoms with Crippen molar-refractivity contribution in [1.82, 2.24) is 4.90 Å². The van der Waals surface area contributed by atoms with E-state index >= 15 is 0 Å².